The van der Waals surface area contributed by atoms with Crippen molar-refractivity contribution < 1.29 is 18.9 Å². The summed E-state index contributed by atoms with van der Waals surface area (Å²) in [5.74, 6) is -0.432. The lowest BCUT2D eigenvalue weighted by molar-refractivity contribution is -0.204. The zero-order valence-electron chi connectivity index (χ0n) is 24.2. The number of hydrogen-bond acceptors (Lipinski definition) is 7. The second-order valence-electron chi connectivity index (χ2n) is 10.0. The number of halogens is 1. The first-order valence-corrected chi connectivity index (χ1v) is 14.9. The van der Waals surface area contributed by atoms with Gasteiger partial charge in [-0.05, 0) is 66.9 Å². The summed E-state index contributed by atoms with van der Waals surface area (Å²) in [5, 5.41) is 9.67. The molecule has 43 heavy (non-hydrogen) atoms. The predicted molar refractivity (Wildman–Crippen MR) is 176 cm³/mol. The average molecular weight is 623 g/mol. The highest BCUT2D eigenvalue weighted by Crippen LogP contribution is 2.23. The minimum absolute atomic E-state index is 0. The molecule has 228 valence electrons. The van der Waals surface area contributed by atoms with E-state index in [0.29, 0.717) is 38.9 Å². The van der Waals surface area contributed by atoms with Crippen LogP contribution < -0.4 is 21.4 Å². The molecule has 0 unspecified atom stereocenters. The zero-order valence-corrected chi connectivity index (χ0v) is 25.9. The second kappa shape index (κ2) is 18.1. The molecule has 0 bridgehead atoms. The maximum Gasteiger partial charge on any atom is 0.242 e. The number of fused-ring (bicyclic) bond motifs is 1. The Hall–Kier alpha value is -3.60. The monoisotopic (exact) mass is 622 g/mol. The molecule has 0 aliphatic carbocycles. The van der Waals surface area contributed by atoms with Crippen LogP contribution in [0.3, 0.4) is 0 Å². The molecule has 0 heterocycles. The number of amides is 2. The lowest BCUT2D eigenvalue weighted by atomic mass is 10.0. The van der Waals surface area contributed by atoms with Crippen molar-refractivity contribution in [3.8, 4) is 0 Å². The third kappa shape index (κ3) is 11.2. The van der Waals surface area contributed by atoms with E-state index in [-0.39, 0.29) is 30.6 Å². The molecule has 0 saturated carbocycles. The van der Waals surface area contributed by atoms with Gasteiger partial charge in [-0.1, -0.05) is 83.3 Å². The molecule has 4 aromatic rings. The molecule has 0 aromatic heterocycles. The topological polar surface area (TPSA) is 106 Å². The highest BCUT2D eigenvalue weighted by molar-refractivity contribution is 7.94. The van der Waals surface area contributed by atoms with Gasteiger partial charge >= 0.3 is 0 Å². The van der Waals surface area contributed by atoms with Gasteiger partial charge in [-0.3, -0.25) is 9.59 Å². The number of para-hydroxylation sites is 1. The van der Waals surface area contributed by atoms with Crippen LogP contribution in [0.2, 0.25) is 0 Å². The van der Waals surface area contributed by atoms with E-state index in [0.717, 1.165) is 44.5 Å². The third-order valence-corrected chi connectivity index (χ3v) is 7.26. The number of benzene rings is 4. The fourth-order valence-corrected chi connectivity index (χ4v) is 4.82. The van der Waals surface area contributed by atoms with Gasteiger partial charge in [0.1, 0.15) is 6.04 Å². The van der Waals surface area contributed by atoms with Crippen molar-refractivity contribution >= 4 is 52.7 Å². The van der Waals surface area contributed by atoms with E-state index < -0.39 is 6.04 Å². The maximum absolute atomic E-state index is 13.0. The van der Waals surface area contributed by atoms with Crippen molar-refractivity contribution in [2.24, 2.45) is 5.73 Å². The molecule has 0 aliphatic heterocycles. The largest absolute Gasteiger partial charge is 0.354 e. The fraction of sp³-hybridized carbons (Fsp3) is 0.273. The van der Waals surface area contributed by atoms with Crippen LogP contribution in [0.1, 0.15) is 30.4 Å². The number of nitrogens with two attached hydrogens (primary N) is 1. The van der Waals surface area contributed by atoms with E-state index >= 15 is 0 Å². The Kier molecular flexibility index (Phi) is 14.3. The van der Waals surface area contributed by atoms with Gasteiger partial charge in [-0.2, -0.15) is 0 Å². The lowest BCUT2D eigenvalue weighted by Gasteiger charge is -2.22. The van der Waals surface area contributed by atoms with Gasteiger partial charge in [0.05, 0.1) is 17.7 Å². The standard InChI is InChI=1S/C33H38N4O4S.ClH/c1-25-14-18-30(19-15-25)42-41-40-37(29-11-3-2-4-12-29)22-7-13-32(38)36-31(33(39)35-21-8-20-34)24-26-16-17-27-9-5-6-10-28(27)23-26;/h2-6,9-12,14-19,23,31H,7-8,13,20-22,24,34H2,1H3,(H,35,39)(H,36,38);1H/t31-;/m1./s1. The van der Waals surface area contributed by atoms with Gasteiger partial charge < -0.3 is 16.4 Å². The summed E-state index contributed by atoms with van der Waals surface area (Å²) in [6.45, 7) is 3.38. The third-order valence-electron chi connectivity index (χ3n) is 6.67. The lowest BCUT2D eigenvalue weighted by Crippen LogP contribution is -2.48. The van der Waals surface area contributed by atoms with E-state index in [1.165, 1.54) is 0 Å². The fourth-order valence-electron chi connectivity index (χ4n) is 4.39. The Morgan fingerprint density at radius 3 is 2.37 bits per heavy atom. The Labute approximate surface area is 263 Å². The minimum atomic E-state index is -0.702. The molecule has 1 atom stereocenters. The minimum Gasteiger partial charge on any atom is -0.354 e. The average Bonchev–Trinajstić information content (AvgIpc) is 3.01. The molecule has 10 heteroatoms. The van der Waals surface area contributed by atoms with Crippen molar-refractivity contribution in [2.75, 3.05) is 24.7 Å². The molecule has 0 radical (unpaired) electrons. The van der Waals surface area contributed by atoms with Crippen molar-refractivity contribution in [1.29, 1.82) is 0 Å². The van der Waals surface area contributed by atoms with E-state index in [1.54, 1.807) is 5.06 Å². The first-order chi connectivity index (χ1) is 20.5. The molecule has 4 N–H and O–H groups in total. The zero-order chi connectivity index (χ0) is 29.6. The van der Waals surface area contributed by atoms with Gasteiger partial charge in [-0.15, -0.1) is 16.7 Å². The first-order valence-electron chi connectivity index (χ1n) is 14.2. The molecular weight excluding hydrogens is 584 g/mol. The SMILES string of the molecule is Cc1ccc(SOON(CCCC(=O)N[C@H](Cc2ccc3ccccc3c2)C(=O)NCCCN)c2ccccc2)cc1.Cl. The summed E-state index contributed by atoms with van der Waals surface area (Å²) < 4.78 is 5.45. The van der Waals surface area contributed by atoms with Crippen molar-refractivity contribution in [2.45, 2.75) is 43.5 Å². The van der Waals surface area contributed by atoms with E-state index in [1.807, 2.05) is 97.9 Å². The number of anilines is 1. The number of hydroxylamine groups is 1. The number of nitrogens with zero attached hydrogens (tertiary/aromatic N) is 1. The van der Waals surface area contributed by atoms with Crippen LogP contribution in [0, 0.1) is 6.92 Å². The summed E-state index contributed by atoms with van der Waals surface area (Å²) in [7, 11) is 0. The number of nitrogens with one attached hydrogen (secondary N) is 2. The maximum atomic E-state index is 13.0. The van der Waals surface area contributed by atoms with E-state index in [9.17, 15) is 9.59 Å². The second-order valence-corrected chi connectivity index (χ2v) is 10.8. The van der Waals surface area contributed by atoms with Crippen LogP contribution in [-0.4, -0.2) is 37.5 Å². The summed E-state index contributed by atoms with van der Waals surface area (Å²) in [5.41, 5.74) is 8.53. The van der Waals surface area contributed by atoms with Gasteiger partial charge in [-0.25, -0.2) is 5.06 Å². The quantitative estimate of drug-likeness (QED) is 0.0616. The molecule has 0 aliphatic rings. The summed E-state index contributed by atoms with van der Waals surface area (Å²) in [4.78, 5) is 32.6. The van der Waals surface area contributed by atoms with Crippen molar-refractivity contribution in [1.82, 2.24) is 10.6 Å². The number of carbonyl (C=O) groups is 2. The van der Waals surface area contributed by atoms with Gasteiger partial charge in [0, 0.05) is 30.8 Å². The van der Waals surface area contributed by atoms with Crippen LogP contribution in [-0.2, 0) is 25.3 Å². The Morgan fingerprint density at radius 2 is 1.63 bits per heavy atom. The van der Waals surface area contributed by atoms with Crippen LogP contribution in [0.25, 0.3) is 10.8 Å². The van der Waals surface area contributed by atoms with Crippen molar-refractivity contribution in [3.05, 3.63) is 108 Å². The van der Waals surface area contributed by atoms with Gasteiger partial charge in [0.15, 0.2) is 0 Å². The van der Waals surface area contributed by atoms with E-state index in [4.69, 9.17) is 15.1 Å². The summed E-state index contributed by atoms with van der Waals surface area (Å²) >= 11 is 1.12. The molecule has 2 amide bonds. The number of aryl methyl sites for hydroxylation is 1. The molecule has 8 nitrogen and oxygen atoms in total. The van der Waals surface area contributed by atoms with Gasteiger partial charge in [0.2, 0.25) is 11.8 Å². The molecule has 0 spiro atoms. The predicted octanol–water partition coefficient (Wildman–Crippen LogP) is 5.92. The van der Waals surface area contributed by atoms with E-state index in [2.05, 4.69) is 16.7 Å². The normalized spacial score (nSPS) is 11.4. The molecule has 4 rings (SSSR count). The first kappa shape index (κ1) is 33.9. The van der Waals surface area contributed by atoms with Crippen LogP contribution >= 0.6 is 24.4 Å². The van der Waals surface area contributed by atoms with Gasteiger partial charge in [0.25, 0.3) is 0 Å². The molecule has 0 fully saturated rings. The molecule has 0 saturated heterocycles. The number of rotatable bonds is 16. The number of carbonyl (C=O) groups excluding carboxylic acids is 2. The Morgan fingerprint density at radius 1 is 0.907 bits per heavy atom. The molecule has 4 aromatic carbocycles. The Bertz CT molecular complexity index is 1430. The number of hydrogen-bond donors (Lipinski definition) is 3. The smallest absolute Gasteiger partial charge is 0.242 e. The van der Waals surface area contributed by atoms with Crippen LogP contribution in [0.4, 0.5) is 5.69 Å². The van der Waals surface area contributed by atoms with Crippen LogP contribution in [0.15, 0.2) is 102 Å². The highest BCUT2D eigenvalue weighted by Gasteiger charge is 2.21. The summed E-state index contributed by atoms with van der Waals surface area (Å²) in [6.07, 6.45) is 1.75. The van der Waals surface area contributed by atoms with Crippen molar-refractivity contribution in [3.63, 3.8) is 0 Å². The highest BCUT2D eigenvalue weighted by atomic mass is 35.5. The summed E-state index contributed by atoms with van der Waals surface area (Å²) in [6, 6.07) is 30.9. The molecular formula is C33H39ClN4O4S. The van der Waals surface area contributed by atoms with Crippen LogP contribution in [0.5, 0.6) is 0 Å². The Balaban J connectivity index is 0.00000506.